The van der Waals surface area contributed by atoms with E-state index in [4.69, 9.17) is 14.2 Å². The van der Waals surface area contributed by atoms with Gasteiger partial charge in [0, 0.05) is 19.3 Å². The lowest BCUT2D eigenvalue weighted by Crippen LogP contribution is -2.30. The molecule has 0 aromatic rings. The van der Waals surface area contributed by atoms with Crippen LogP contribution < -0.4 is 0 Å². The topological polar surface area (TPSA) is 78.9 Å². The minimum atomic E-state index is -0.771. The smallest absolute Gasteiger partial charge is 0.306 e. The van der Waals surface area contributed by atoms with Crippen LogP contribution in [-0.4, -0.2) is 37.2 Å². The molecule has 0 amide bonds. The summed E-state index contributed by atoms with van der Waals surface area (Å²) in [5.74, 6) is -0.874. The van der Waals surface area contributed by atoms with Gasteiger partial charge in [0.15, 0.2) is 6.10 Å². The Morgan fingerprint density at radius 2 is 0.581 bits per heavy atom. The second-order valence-corrected chi connectivity index (χ2v) is 18.2. The minimum absolute atomic E-state index is 0.0722. The molecule has 0 aliphatic rings. The first-order valence-corrected chi connectivity index (χ1v) is 27.0. The third-order valence-electron chi connectivity index (χ3n) is 11.9. The van der Waals surface area contributed by atoms with Crippen molar-refractivity contribution in [1.82, 2.24) is 0 Å². The summed E-state index contributed by atoms with van der Waals surface area (Å²) in [5, 5.41) is 0. The fourth-order valence-electron chi connectivity index (χ4n) is 7.80. The molecule has 62 heavy (non-hydrogen) atoms. The van der Waals surface area contributed by atoms with Crippen molar-refractivity contribution in [1.29, 1.82) is 0 Å². The molecule has 0 N–H and O–H groups in total. The average Bonchev–Trinajstić information content (AvgIpc) is 3.27. The first-order chi connectivity index (χ1) is 30.5. The SMILES string of the molecule is CCCCCCC/C=C\C/C=C\C/C=C\CCCCCCCCC(=O)OCC(COC(=O)CCCCCCCCCCCCC)OC(=O)CCCCCCCCCCCCCC. The summed E-state index contributed by atoms with van der Waals surface area (Å²) in [6.45, 7) is 6.63. The lowest BCUT2D eigenvalue weighted by molar-refractivity contribution is -0.167. The van der Waals surface area contributed by atoms with Crippen molar-refractivity contribution in [3.63, 3.8) is 0 Å². The molecular weight excluding hydrogens is 769 g/mol. The molecule has 0 heterocycles. The van der Waals surface area contributed by atoms with Gasteiger partial charge >= 0.3 is 17.9 Å². The lowest BCUT2D eigenvalue weighted by Gasteiger charge is -2.18. The number of unbranched alkanes of at least 4 members (excludes halogenated alkanes) is 32. The van der Waals surface area contributed by atoms with Crippen LogP contribution in [0.2, 0.25) is 0 Å². The maximum Gasteiger partial charge on any atom is 0.306 e. The van der Waals surface area contributed by atoms with Crippen LogP contribution in [0.15, 0.2) is 36.5 Å². The van der Waals surface area contributed by atoms with Crippen molar-refractivity contribution in [3.8, 4) is 0 Å². The Bertz CT molecular complexity index is 1050. The maximum atomic E-state index is 12.8. The van der Waals surface area contributed by atoms with Gasteiger partial charge < -0.3 is 14.2 Å². The van der Waals surface area contributed by atoms with Crippen molar-refractivity contribution < 1.29 is 28.6 Å². The zero-order valence-electron chi connectivity index (χ0n) is 41.4. The number of hydrogen-bond acceptors (Lipinski definition) is 6. The standard InChI is InChI=1S/C56H102O6/c1-4-7-10-13-16-19-22-24-25-26-27-28-29-30-31-32-35-37-40-43-46-49-55(58)61-52-53(51-60-54(57)48-45-42-39-36-33-21-18-15-12-9-6-3)62-56(59)50-47-44-41-38-34-23-20-17-14-11-8-5-2/h22,24,26-27,29-30,53H,4-21,23,25,28,31-52H2,1-3H3/b24-22-,27-26-,30-29-. The third kappa shape index (κ3) is 48.7. The summed E-state index contributed by atoms with van der Waals surface area (Å²) in [6.07, 6.45) is 59.8. The molecule has 0 aliphatic heterocycles. The quantitative estimate of drug-likeness (QED) is 0.0262. The molecule has 1 atom stereocenters. The van der Waals surface area contributed by atoms with Gasteiger partial charge in [-0.3, -0.25) is 14.4 Å². The van der Waals surface area contributed by atoms with Crippen LogP contribution in [-0.2, 0) is 28.6 Å². The Hall–Kier alpha value is -2.37. The van der Waals surface area contributed by atoms with E-state index in [9.17, 15) is 14.4 Å². The van der Waals surface area contributed by atoms with E-state index in [0.29, 0.717) is 19.3 Å². The Morgan fingerprint density at radius 3 is 0.903 bits per heavy atom. The van der Waals surface area contributed by atoms with Gasteiger partial charge in [0.2, 0.25) is 0 Å². The maximum absolute atomic E-state index is 12.8. The van der Waals surface area contributed by atoms with E-state index in [1.54, 1.807) is 0 Å². The Kier molecular flexibility index (Phi) is 49.3. The number of ether oxygens (including phenoxy) is 3. The predicted molar refractivity (Wildman–Crippen MR) is 266 cm³/mol. The Morgan fingerprint density at radius 1 is 0.323 bits per heavy atom. The van der Waals surface area contributed by atoms with Crippen molar-refractivity contribution >= 4 is 17.9 Å². The largest absolute Gasteiger partial charge is 0.462 e. The highest BCUT2D eigenvalue weighted by Gasteiger charge is 2.19. The van der Waals surface area contributed by atoms with Gasteiger partial charge in [-0.15, -0.1) is 0 Å². The number of hydrogen-bond donors (Lipinski definition) is 0. The molecule has 0 aromatic heterocycles. The van der Waals surface area contributed by atoms with Crippen LogP contribution in [0.25, 0.3) is 0 Å². The predicted octanol–water partition coefficient (Wildman–Crippen LogP) is 17.7. The van der Waals surface area contributed by atoms with Crippen LogP contribution in [0.4, 0.5) is 0 Å². The molecule has 0 saturated heterocycles. The molecule has 0 fully saturated rings. The van der Waals surface area contributed by atoms with Crippen LogP contribution in [0.3, 0.4) is 0 Å². The summed E-state index contributed by atoms with van der Waals surface area (Å²) in [4.78, 5) is 37.9. The third-order valence-corrected chi connectivity index (χ3v) is 11.9. The number of allylic oxidation sites excluding steroid dienone is 6. The number of esters is 3. The average molecular weight is 871 g/mol. The Balaban J connectivity index is 4.30. The van der Waals surface area contributed by atoms with E-state index >= 15 is 0 Å². The van der Waals surface area contributed by atoms with Gasteiger partial charge in [0.25, 0.3) is 0 Å². The summed E-state index contributed by atoms with van der Waals surface area (Å²) in [7, 11) is 0. The highest BCUT2D eigenvalue weighted by Crippen LogP contribution is 2.16. The first kappa shape index (κ1) is 59.6. The molecule has 362 valence electrons. The van der Waals surface area contributed by atoms with Crippen LogP contribution in [0, 0.1) is 0 Å². The van der Waals surface area contributed by atoms with E-state index in [1.807, 2.05) is 0 Å². The van der Waals surface area contributed by atoms with Gasteiger partial charge in [-0.2, -0.15) is 0 Å². The summed E-state index contributed by atoms with van der Waals surface area (Å²) in [5.41, 5.74) is 0. The zero-order valence-corrected chi connectivity index (χ0v) is 41.4. The van der Waals surface area contributed by atoms with Crippen LogP contribution >= 0.6 is 0 Å². The van der Waals surface area contributed by atoms with Crippen LogP contribution in [0.5, 0.6) is 0 Å². The summed E-state index contributed by atoms with van der Waals surface area (Å²) in [6, 6.07) is 0. The van der Waals surface area contributed by atoms with Gasteiger partial charge in [-0.25, -0.2) is 0 Å². The summed E-state index contributed by atoms with van der Waals surface area (Å²) < 4.78 is 16.8. The van der Waals surface area contributed by atoms with Crippen molar-refractivity contribution in [3.05, 3.63) is 36.5 Å². The molecule has 0 rings (SSSR count). The van der Waals surface area contributed by atoms with Crippen LogP contribution in [0.1, 0.15) is 284 Å². The number of rotatable bonds is 49. The van der Waals surface area contributed by atoms with Crippen molar-refractivity contribution in [2.45, 2.75) is 290 Å². The zero-order chi connectivity index (χ0) is 45.1. The van der Waals surface area contributed by atoms with Gasteiger partial charge in [0.1, 0.15) is 13.2 Å². The fourth-order valence-corrected chi connectivity index (χ4v) is 7.80. The van der Waals surface area contributed by atoms with Crippen molar-refractivity contribution in [2.24, 2.45) is 0 Å². The minimum Gasteiger partial charge on any atom is -0.462 e. The highest BCUT2D eigenvalue weighted by molar-refractivity contribution is 5.71. The number of carbonyl (C=O) groups is 3. The molecule has 1 unspecified atom stereocenters. The van der Waals surface area contributed by atoms with Gasteiger partial charge in [-0.1, -0.05) is 243 Å². The summed E-state index contributed by atoms with van der Waals surface area (Å²) >= 11 is 0. The Labute approximate surface area is 385 Å². The number of carbonyl (C=O) groups excluding carboxylic acids is 3. The lowest BCUT2D eigenvalue weighted by atomic mass is 10.0. The molecule has 6 nitrogen and oxygen atoms in total. The van der Waals surface area contributed by atoms with Gasteiger partial charge in [-0.05, 0) is 57.8 Å². The fraction of sp³-hybridized carbons (Fsp3) is 0.839. The van der Waals surface area contributed by atoms with E-state index in [-0.39, 0.29) is 31.1 Å². The molecule has 0 radical (unpaired) electrons. The molecule has 6 heteroatoms. The van der Waals surface area contributed by atoms with E-state index in [0.717, 1.165) is 77.0 Å². The first-order valence-electron chi connectivity index (χ1n) is 27.0. The molecule has 0 saturated carbocycles. The molecule has 0 aliphatic carbocycles. The van der Waals surface area contributed by atoms with Gasteiger partial charge in [0.05, 0.1) is 0 Å². The van der Waals surface area contributed by atoms with E-state index in [2.05, 4.69) is 57.2 Å². The second kappa shape index (κ2) is 51.3. The van der Waals surface area contributed by atoms with E-state index < -0.39 is 6.10 Å². The molecule has 0 aromatic carbocycles. The second-order valence-electron chi connectivity index (χ2n) is 18.2. The van der Waals surface area contributed by atoms with E-state index in [1.165, 1.54) is 167 Å². The highest BCUT2D eigenvalue weighted by atomic mass is 16.6. The molecular formula is C56H102O6. The molecule has 0 spiro atoms. The molecule has 0 bridgehead atoms. The van der Waals surface area contributed by atoms with Crippen molar-refractivity contribution in [2.75, 3.05) is 13.2 Å². The monoisotopic (exact) mass is 871 g/mol. The normalized spacial score (nSPS) is 12.2.